The number of nitrogens with zero attached hydrogens (tertiary/aromatic N) is 1. The molecule has 0 saturated heterocycles. The van der Waals surface area contributed by atoms with Crippen LogP contribution in [-0.4, -0.2) is 24.3 Å². The van der Waals surface area contributed by atoms with Crippen LogP contribution in [0.4, 0.5) is 5.69 Å². The second-order valence-electron chi connectivity index (χ2n) is 5.27. The third kappa shape index (κ3) is 2.41. The molecule has 1 aromatic rings. The summed E-state index contributed by atoms with van der Waals surface area (Å²) in [5.41, 5.74) is 1.29. The Kier molecular flexibility index (Phi) is 2.86. The lowest BCUT2D eigenvalue weighted by Crippen LogP contribution is -2.27. The lowest BCUT2D eigenvalue weighted by Gasteiger charge is -2.27. The molecule has 0 saturated carbocycles. The molecule has 0 bridgehead atoms. The number of benzene rings is 1. The minimum atomic E-state index is 0.296. The van der Waals surface area contributed by atoms with Crippen molar-refractivity contribution in [1.29, 1.82) is 0 Å². The van der Waals surface area contributed by atoms with Crippen LogP contribution in [0.3, 0.4) is 0 Å². The molecule has 0 fully saturated rings. The van der Waals surface area contributed by atoms with Crippen molar-refractivity contribution in [1.82, 2.24) is 0 Å². The predicted molar refractivity (Wildman–Crippen MR) is 74.7 cm³/mol. The summed E-state index contributed by atoms with van der Waals surface area (Å²) >= 11 is 1.77. The van der Waals surface area contributed by atoms with E-state index in [-0.39, 0.29) is 0 Å². The van der Waals surface area contributed by atoms with Gasteiger partial charge in [0.05, 0.1) is 0 Å². The fourth-order valence-electron chi connectivity index (χ4n) is 1.81. The first-order valence-electron chi connectivity index (χ1n) is 5.96. The Morgan fingerprint density at radius 1 is 1.28 bits per heavy atom. The fourth-order valence-corrected chi connectivity index (χ4v) is 2.78. The van der Waals surface area contributed by atoms with E-state index in [0.717, 1.165) is 34.7 Å². The molecule has 0 radical (unpaired) electrons. The molecule has 0 amide bonds. The summed E-state index contributed by atoms with van der Waals surface area (Å²) in [6.07, 6.45) is 0. The van der Waals surface area contributed by atoms with Crippen LogP contribution in [0.15, 0.2) is 23.2 Å². The highest BCUT2D eigenvalue weighted by Crippen LogP contribution is 2.35. The number of thioether (sulfide) groups is 1. The van der Waals surface area contributed by atoms with E-state index >= 15 is 0 Å². The van der Waals surface area contributed by atoms with E-state index in [2.05, 4.69) is 24.2 Å². The number of anilines is 1. The van der Waals surface area contributed by atoms with E-state index < -0.39 is 0 Å². The molecule has 0 unspecified atom stereocenters. The van der Waals surface area contributed by atoms with Gasteiger partial charge in [-0.2, -0.15) is 0 Å². The maximum Gasteiger partial charge on any atom is 0.231 e. The van der Waals surface area contributed by atoms with Crippen molar-refractivity contribution in [3.63, 3.8) is 0 Å². The molecule has 0 spiro atoms. The zero-order valence-electron chi connectivity index (χ0n) is 10.5. The molecule has 3 rings (SSSR count). The smallest absolute Gasteiger partial charge is 0.231 e. The summed E-state index contributed by atoms with van der Waals surface area (Å²) in [5.74, 6) is 2.69. The second-order valence-corrected chi connectivity index (χ2v) is 6.23. The largest absolute Gasteiger partial charge is 0.454 e. The molecular weight excluding hydrogens is 248 g/mol. The number of amidine groups is 1. The highest BCUT2D eigenvalue weighted by Gasteiger charge is 2.23. The summed E-state index contributed by atoms with van der Waals surface area (Å²) in [5, 5.41) is 4.31. The molecule has 0 atom stereocenters. The van der Waals surface area contributed by atoms with Crippen LogP contribution in [0, 0.1) is 5.41 Å². The minimum absolute atomic E-state index is 0.296. The molecular formula is C13H16N2O2S. The Bertz CT molecular complexity index is 500. The maximum absolute atomic E-state index is 5.35. The van der Waals surface area contributed by atoms with Gasteiger partial charge in [-0.25, -0.2) is 0 Å². The number of hydrogen-bond donors (Lipinski definition) is 1. The molecule has 2 aliphatic heterocycles. The third-order valence-electron chi connectivity index (χ3n) is 2.87. The molecule has 0 aliphatic carbocycles. The van der Waals surface area contributed by atoms with Gasteiger partial charge in [0.1, 0.15) is 0 Å². The molecule has 2 aliphatic rings. The summed E-state index contributed by atoms with van der Waals surface area (Å²) in [4.78, 5) is 4.57. The zero-order valence-corrected chi connectivity index (χ0v) is 11.3. The quantitative estimate of drug-likeness (QED) is 0.847. The Hall–Kier alpha value is -1.36. The van der Waals surface area contributed by atoms with E-state index in [1.54, 1.807) is 11.8 Å². The highest BCUT2D eigenvalue weighted by molar-refractivity contribution is 8.14. The molecule has 2 heterocycles. The van der Waals surface area contributed by atoms with E-state index in [0.29, 0.717) is 12.2 Å². The van der Waals surface area contributed by atoms with Gasteiger partial charge in [-0.3, -0.25) is 4.99 Å². The minimum Gasteiger partial charge on any atom is -0.454 e. The van der Waals surface area contributed by atoms with E-state index in [1.807, 2.05) is 18.2 Å². The standard InChI is InChI=1S/C13H16N2O2S/c1-13(2)6-14-12(18-7-13)15-9-3-4-10-11(5-9)17-8-16-10/h3-5H,6-8H2,1-2H3,(H,14,15). The molecule has 1 N–H and O–H groups in total. The van der Waals surface area contributed by atoms with Crippen molar-refractivity contribution in [2.45, 2.75) is 13.8 Å². The average molecular weight is 264 g/mol. The van der Waals surface area contributed by atoms with Gasteiger partial charge >= 0.3 is 0 Å². The Morgan fingerprint density at radius 2 is 2.11 bits per heavy atom. The molecule has 96 valence electrons. The van der Waals surface area contributed by atoms with Crippen LogP contribution < -0.4 is 14.8 Å². The van der Waals surface area contributed by atoms with Crippen LogP contribution in [0.25, 0.3) is 0 Å². The Labute approximate surface area is 111 Å². The predicted octanol–water partition coefficient (Wildman–Crippen LogP) is 2.96. The van der Waals surface area contributed by atoms with Gasteiger partial charge in [0.25, 0.3) is 0 Å². The highest BCUT2D eigenvalue weighted by atomic mass is 32.2. The zero-order chi connectivity index (χ0) is 12.6. The van der Waals surface area contributed by atoms with Crippen molar-refractivity contribution < 1.29 is 9.47 Å². The topological polar surface area (TPSA) is 42.9 Å². The molecule has 5 heteroatoms. The van der Waals surface area contributed by atoms with Gasteiger partial charge in [0.2, 0.25) is 6.79 Å². The monoisotopic (exact) mass is 264 g/mol. The number of hydrogen-bond acceptors (Lipinski definition) is 5. The Morgan fingerprint density at radius 3 is 2.89 bits per heavy atom. The van der Waals surface area contributed by atoms with Crippen molar-refractivity contribution in [2.75, 3.05) is 24.4 Å². The van der Waals surface area contributed by atoms with Crippen molar-refractivity contribution >= 4 is 22.6 Å². The first kappa shape index (κ1) is 11.7. The molecule has 1 aromatic carbocycles. The van der Waals surface area contributed by atoms with Crippen molar-refractivity contribution in [3.8, 4) is 11.5 Å². The summed E-state index contributed by atoms with van der Waals surface area (Å²) < 4.78 is 10.6. The lowest BCUT2D eigenvalue weighted by molar-refractivity contribution is 0.174. The summed E-state index contributed by atoms with van der Waals surface area (Å²) in [6.45, 7) is 5.65. The lowest BCUT2D eigenvalue weighted by atomic mass is 9.97. The van der Waals surface area contributed by atoms with Gasteiger partial charge in [-0.15, -0.1) is 0 Å². The summed E-state index contributed by atoms with van der Waals surface area (Å²) in [6, 6.07) is 5.85. The van der Waals surface area contributed by atoms with Crippen LogP contribution in [0.5, 0.6) is 11.5 Å². The molecule has 18 heavy (non-hydrogen) atoms. The van der Waals surface area contributed by atoms with E-state index in [9.17, 15) is 0 Å². The fraction of sp³-hybridized carbons (Fsp3) is 0.462. The van der Waals surface area contributed by atoms with Crippen molar-refractivity contribution in [3.05, 3.63) is 18.2 Å². The average Bonchev–Trinajstić information content (AvgIpc) is 2.79. The van der Waals surface area contributed by atoms with Crippen LogP contribution in [-0.2, 0) is 0 Å². The third-order valence-corrected chi connectivity index (χ3v) is 4.30. The van der Waals surface area contributed by atoms with Gasteiger partial charge in [0.15, 0.2) is 16.7 Å². The number of nitrogens with one attached hydrogen (secondary N) is 1. The second kappa shape index (κ2) is 4.39. The SMILES string of the molecule is CC1(C)CN=C(Nc2ccc3c(c2)OCO3)SC1. The Balaban J connectivity index is 1.72. The van der Waals surface area contributed by atoms with Crippen LogP contribution in [0.1, 0.15) is 13.8 Å². The van der Waals surface area contributed by atoms with Crippen molar-refractivity contribution in [2.24, 2.45) is 10.4 Å². The van der Waals surface area contributed by atoms with Crippen LogP contribution in [0.2, 0.25) is 0 Å². The first-order chi connectivity index (χ1) is 8.62. The first-order valence-corrected chi connectivity index (χ1v) is 6.95. The van der Waals surface area contributed by atoms with Gasteiger partial charge in [-0.1, -0.05) is 25.6 Å². The van der Waals surface area contributed by atoms with Gasteiger partial charge in [0, 0.05) is 24.1 Å². The van der Waals surface area contributed by atoms with Crippen LogP contribution >= 0.6 is 11.8 Å². The summed E-state index contributed by atoms with van der Waals surface area (Å²) in [7, 11) is 0. The van der Waals surface area contributed by atoms with E-state index in [1.165, 1.54) is 0 Å². The maximum atomic E-state index is 5.35. The van der Waals surface area contributed by atoms with E-state index in [4.69, 9.17) is 9.47 Å². The molecule has 4 nitrogen and oxygen atoms in total. The van der Waals surface area contributed by atoms with Gasteiger partial charge < -0.3 is 14.8 Å². The van der Waals surface area contributed by atoms with Gasteiger partial charge in [-0.05, 0) is 17.5 Å². The number of ether oxygens (including phenoxy) is 2. The number of fused-ring (bicyclic) bond motifs is 1. The number of aliphatic imine (C=N–C) groups is 1. The molecule has 0 aromatic heterocycles. The number of rotatable bonds is 1. The normalized spacial score (nSPS) is 20.4.